The molecule has 1 amide bonds. The molecule has 0 aliphatic carbocycles. The van der Waals surface area contributed by atoms with Crippen molar-refractivity contribution in [2.75, 3.05) is 33.2 Å². The highest BCUT2D eigenvalue weighted by atomic mass is 35.5. The van der Waals surface area contributed by atoms with Gasteiger partial charge in [-0.3, -0.25) is 9.69 Å². The van der Waals surface area contributed by atoms with E-state index >= 15 is 0 Å². The van der Waals surface area contributed by atoms with Crippen LogP contribution in [0, 0.1) is 0 Å². The van der Waals surface area contributed by atoms with Crippen molar-refractivity contribution in [1.29, 1.82) is 0 Å². The molecular weight excluding hydrogens is 285 g/mol. The summed E-state index contributed by atoms with van der Waals surface area (Å²) in [6, 6.07) is 9.44. The standard InChI is InChI=1S/C13H18ClN3O.ClH/c1-16-7-9-17(10-8-16)15-13(18)12(14)11-5-3-2-4-6-11;/h2-6,12H,7-10H2,1H3,(H,15,18);1H. The molecule has 4 nitrogen and oxygen atoms in total. The summed E-state index contributed by atoms with van der Waals surface area (Å²) in [6.45, 7) is 3.82. The molecule has 1 aliphatic rings. The molecule has 0 bridgehead atoms. The van der Waals surface area contributed by atoms with Gasteiger partial charge >= 0.3 is 0 Å². The molecule has 0 saturated carbocycles. The lowest BCUT2D eigenvalue weighted by Gasteiger charge is -2.29. The summed E-state index contributed by atoms with van der Waals surface area (Å²) in [4.78, 5) is 14.3. The molecule has 1 aromatic rings. The van der Waals surface area contributed by atoms with Crippen LogP contribution in [0.5, 0.6) is 0 Å². The van der Waals surface area contributed by atoms with Gasteiger partial charge in [0, 0.05) is 13.1 Å². The van der Waals surface area contributed by atoms with Gasteiger partial charge in [0.15, 0.2) is 0 Å². The highest BCUT2D eigenvalue weighted by Crippen LogP contribution is 2.19. The van der Waals surface area contributed by atoms with Crippen LogP contribution in [0.2, 0.25) is 0 Å². The Labute approximate surface area is 125 Å². The summed E-state index contributed by atoms with van der Waals surface area (Å²) in [7, 11) is 2.09. The molecule has 19 heavy (non-hydrogen) atoms. The fraction of sp³-hybridized carbons (Fsp3) is 0.462. The normalized spacial score (nSPS) is 18.4. The lowest BCUT2D eigenvalue weighted by atomic mass is 10.1. The number of nitrogens with zero attached hydrogens (tertiary/aromatic N) is 1. The van der Waals surface area contributed by atoms with Gasteiger partial charge in [-0.1, -0.05) is 30.3 Å². The Hall–Kier alpha value is -0.810. The van der Waals surface area contributed by atoms with Gasteiger partial charge in [-0.25, -0.2) is 10.4 Å². The van der Waals surface area contributed by atoms with E-state index in [9.17, 15) is 4.79 Å². The maximum absolute atomic E-state index is 12.0. The van der Waals surface area contributed by atoms with Crippen LogP contribution in [0.1, 0.15) is 10.9 Å². The molecule has 1 heterocycles. The van der Waals surface area contributed by atoms with Crippen LogP contribution in [0.4, 0.5) is 0 Å². The van der Waals surface area contributed by atoms with Crippen molar-refractivity contribution in [2.24, 2.45) is 0 Å². The molecule has 106 valence electrons. The summed E-state index contributed by atoms with van der Waals surface area (Å²) in [6.07, 6.45) is 0. The molecule has 1 fully saturated rings. The van der Waals surface area contributed by atoms with E-state index in [1.165, 1.54) is 0 Å². The third-order valence-electron chi connectivity index (χ3n) is 3.21. The van der Waals surface area contributed by atoms with Crippen molar-refractivity contribution < 1.29 is 22.2 Å². The summed E-state index contributed by atoms with van der Waals surface area (Å²) in [5.74, 6) is -0.123. The molecule has 1 atom stereocenters. The Morgan fingerprint density at radius 3 is 2.47 bits per heavy atom. The zero-order valence-electron chi connectivity index (χ0n) is 10.9. The number of alkyl halides is 1. The predicted octanol–water partition coefficient (Wildman–Crippen LogP) is -3.17. The second kappa shape index (κ2) is 7.70. The third-order valence-corrected chi connectivity index (χ3v) is 3.66. The van der Waals surface area contributed by atoms with Crippen LogP contribution < -0.4 is 22.8 Å². The molecule has 2 N–H and O–H groups in total. The number of piperazine rings is 1. The molecule has 1 aliphatic heterocycles. The Morgan fingerprint density at radius 1 is 1.32 bits per heavy atom. The molecule has 0 aromatic heterocycles. The Balaban J connectivity index is 0.00000180. The molecule has 1 aromatic carbocycles. The monoisotopic (exact) mass is 303 g/mol. The predicted molar refractivity (Wildman–Crippen MR) is 71.4 cm³/mol. The van der Waals surface area contributed by atoms with Crippen molar-refractivity contribution >= 4 is 17.5 Å². The smallest absolute Gasteiger partial charge is 0.287 e. The first-order valence-electron chi connectivity index (χ1n) is 6.20. The number of halogens is 2. The maximum atomic E-state index is 12.0. The second-order valence-electron chi connectivity index (χ2n) is 4.67. The van der Waals surface area contributed by atoms with E-state index in [1.807, 2.05) is 30.3 Å². The van der Waals surface area contributed by atoms with Crippen LogP contribution in [-0.2, 0) is 4.79 Å². The fourth-order valence-corrected chi connectivity index (χ4v) is 2.22. The van der Waals surface area contributed by atoms with Crippen molar-refractivity contribution in [2.45, 2.75) is 5.38 Å². The van der Waals surface area contributed by atoms with Crippen molar-refractivity contribution in [3.05, 3.63) is 35.9 Å². The lowest BCUT2D eigenvalue weighted by molar-refractivity contribution is -0.940. The van der Waals surface area contributed by atoms with E-state index in [0.717, 1.165) is 36.8 Å². The number of hydrogen-bond donors (Lipinski definition) is 2. The van der Waals surface area contributed by atoms with Gasteiger partial charge in [0.25, 0.3) is 5.91 Å². The second-order valence-corrected chi connectivity index (χ2v) is 5.11. The number of amides is 1. The van der Waals surface area contributed by atoms with Crippen LogP contribution in [0.15, 0.2) is 30.3 Å². The number of quaternary nitrogens is 1. The molecule has 1 saturated heterocycles. The van der Waals surface area contributed by atoms with Crippen LogP contribution in [0.3, 0.4) is 0 Å². The van der Waals surface area contributed by atoms with Gasteiger partial charge in [0.05, 0.1) is 0 Å². The molecule has 2 rings (SSSR count). The van der Waals surface area contributed by atoms with E-state index in [-0.39, 0.29) is 18.3 Å². The van der Waals surface area contributed by atoms with Gasteiger partial charge in [0.2, 0.25) is 0 Å². The zero-order valence-corrected chi connectivity index (χ0v) is 12.4. The zero-order chi connectivity index (χ0) is 13.0. The molecule has 0 radical (unpaired) electrons. The number of likely N-dealkylation sites (N-methyl/N-ethyl adjacent to an activating group) is 1. The highest BCUT2D eigenvalue weighted by molar-refractivity contribution is 6.30. The number of benzene rings is 1. The molecular formula is C13H19Cl2N3O. The summed E-state index contributed by atoms with van der Waals surface area (Å²) < 4.78 is 0. The van der Waals surface area contributed by atoms with Gasteiger partial charge in [-0.15, -0.1) is 11.6 Å². The molecule has 6 heteroatoms. The largest absolute Gasteiger partial charge is 1.00 e. The third kappa shape index (κ3) is 4.66. The first-order valence-corrected chi connectivity index (χ1v) is 6.63. The van der Waals surface area contributed by atoms with E-state index in [2.05, 4.69) is 17.4 Å². The average molecular weight is 304 g/mol. The fourth-order valence-electron chi connectivity index (χ4n) is 2.02. The topological polar surface area (TPSA) is 36.8 Å². The summed E-state index contributed by atoms with van der Waals surface area (Å²) in [5.41, 5.74) is 3.79. The van der Waals surface area contributed by atoms with E-state index < -0.39 is 5.38 Å². The van der Waals surface area contributed by atoms with E-state index in [0.29, 0.717) is 0 Å². The molecule has 0 spiro atoms. The Kier molecular flexibility index (Phi) is 6.58. The quantitative estimate of drug-likeness (QED) is 0.578. The van der Waals surface area contributed by atoms with Crippen LogP contribution in [0.25, 0.3) is 0 Å². The Morgan fingerprint density at radius 2 is 1.89 bits per heavy atom. The number of hydrogen-bond acceptors (Lipinski definition) is 2. The summed E-state index contributed by atoms with van der Waals surface area (Å²) in [5, 5.41) is 0.484. The number of carbonyl (C=O) groups excluding carboxylic acids is 1. The lowest BCUT2D eigenvalue weighted by Crippen LogP contribution is -3.21. The summed E-state index contributed by atoms with van der Waals surface area (Å²) >= 11 is 6.17. The minimum Gasteiger partial charge on any atom is -1.00 e. The average Bonchev–Trinajstić information content (AvgIpc) is 2.41. The van der Waals surface area contributed by atoms with E-state index in [1.54, 1.807) is 0 Å². The number of rotatable bonds is 3. The van der Waals surface area contributed by atoms with Gasteiger partial charge in [0.1, 0.15) is 18.5 Å². The van der Waals surface area contributed by atoms with Crippen molar-refractivity contribution in [3.63, 3.8) is 0 Å². The van der Waals surface area contributed by atoms with E-state index in [4.69, 9.17) is 11.6 Å². The van der Waals surface area contributed by atoms with Gasteiger partial charge in [-0.2, -0.15) is 0 Å². The van der Waals surface area contributed by atoms with Gasteiger partial charge in [-0.05, 0) is 12.6 Å². The first kappa shape index (κ1) is 16.2. The highest BCUT2D eigenvalue weighted by Gasteiger charge is 2.24. The minimum absolute atomic E-state index is 0. The van der Waals surface area contributed by atoms with Gasteiger partial charge < -0.3 is 12.4 Å². The number of nitrogens with one attached hydrogen (secondary N) is 2. The SMILES string of the molecule is CN1CC[NH+](NC(=O)C(Cl)c2ccccc2)CC1.[Cl-]. The maximum Gasteiger partial charge on any atom is 0.287 e. The van der Waals surface area contributed by atoms with Crippen LogP contribution in [-0.4, -0.2) is 44.0 Å². The minimum atomic E-state index is -0.613. The number of carbonyl (C=O) groups is 1. The first-order chi connectivity index (χ1) is 8.66. The Bertz CT molecular complexity index is 394. The van der Waals surface area contributed by atoms with Crippen molar-refractivity contribution in [1.82, 2.24) is 10.3 Å². The molecule has 1 unspecified atom stereocenters. The van der Waals surface area contributed by atoms with Crippen LogP contribution >= 0.6 is 11.6 Å². The van der Waals surface area contributed by atoms with Crippen molar-refractivity contribution in [3.8, 4) is 0 Å².